The fraction of sp³-hybridized carbons (Fsp3) is 0.393. The van der Waals surface area contributed by atoms with Crippen LogP contribution in [0.1, 0.15) is 37.4 Å². The van der Waals surface area contributed by atoms with Crippen LogP contribution in [0.5, 0.6) is 0 Å². The monoisotopic (exact) mass is 483 g/mol. The summed E-state index contributed by atoms with van der Waals surface area (Å²) < 4.78 is 4.25. The number of aromatic nitrogens is 4. The third-order valence-corrected chi connectivity index (χ3v) is 7.33. The molecule has 8 heteroatoms. The molecule has 2 amide bonds. The highest BCUT2D eigenvalue weighted by atomic mass is 16.2. The van der Waals surface area contributed by atoms with E-state index in [0.29, 0.717) is 6.54 Å². The molecule has 4 aromatic rings. The SMILES string of the molecule is CN(C)c1ccc(NC(=O)N2CCC[C@@H](c3nc(-c4cnn(CC5CC5)c4)c4ccccn34)C2)cc1. The number of likely N-dealkylation sites (tertiary alicyclic amines) is 1. The van der Waals surface area contributed by atoms with Crippen LogP contribution in [0.2, 0.25) is 0 Å². The van der Waals surface area contributed by atoms with Gasteiger partial charge in [0, 0.05) is 69.0 Å². The van der Waals surface area contributed by atoms with Crippen LogP contribution in [0.15, 0.2) is 61.1 Å². The fourth-order valence-electron chi connectivity index (χ4n) is 5.13. The smallest absolute Gasteiger partial charge is 0.321 e. The third kappa shape index (κ3) is 4.55. The highest BCUT2D eigenvalue weighted by molar-refractivity contribution is 5.89. The van der Waals surface area contributed by atoms with Gasteiger partial charge < -0.3 is 19.5 Å². The summed E-state index contributed by atoms with van der Waals surface area (Å²) in [5.74, 6) is 1.96. The van der Waals surface area contributed by atoms with Gasteiger partial charge in [0.2, 0.25) is 0 Å². The Labute approximate surface area is 211 Å². The van der Waals surface area contributed by atoms with Crippen LogP contribution in [-0.2, 0) is 6.54 Å². The number of piperidine rings is 1. The van der Waals surface area contributed by atoms with Gasteiger partial charge in [0.1, 0.15) is 5.82 Å². The second-order valence-corrected chi connectivity index (χ2v) is 10.3. The standard InChI is InChI=1S/C28H33N7O/c1-32(2)24-12-10-23(11-13-24)30-28(36)33-14-5-6-21(18-33)27-31-26(25-7-3-4-15-35(25)27)22-16-29-34(19-22)17-20-8-9-20/h3-4,7,10-13,15-16,19-21H,5-6,8-9,14,17-18H2,1-2H3,(H,30,36)/t21-/m1/s1. The predicted octanol–water partition coefficient (Wildman–Crippen LogP) is 5.09. The lowest BCUT2D eigenvalue weighted by molar-refractivity contribution is 0.191. The van der Waals surface area contributed by atoms with E-state index in [1.54, 1.807) is 0 Å². The number of nitrogens with zero attached hydrogens (tertiary/aromatic N) is 6. The summed E-state index contributed by atoms with van der Waals surface area (Å²) in [6.45, 7) is 2.39. The van der Waals surface area contributed by atoms with Crippen molar-refractivity contribution in [2.75, 3.05) is 37.4 Å². The van der Waals surface area contributed by atoms with Crippen LogP contribution in [0.25, 0.3) is 16.8 Å². The van der Waals surface area contributed by atoms with E-state index < -0.39 is 0 Å². The molecule has 2 fully saturated rings. The van der Waals surface area contributed by atoms with Crippen molar-refractivity contribution in [3.05, 3.63) is 66.9 Å². The first-order chi connectivity index (χ1) is 17.5. The summed E-state index contributed by atoms with van der Waals surface area (Å²) in [7, 11) is 4.01. The Balaban J connectivity index is 1.22. The van der Waals surface area contributed by atoms with Crippen LogP contribution < -0.4 is 10.2 Å². The van der Waals surface area contributed by atoms with Crippen molar-refractivity contribution < 1.29 is 4.79 Å². The largest absolute Gasteiger partial charge is 0.378 e. The van der Waals surface area contributed by atoms with Gasteiger partial charge in [-0.1, -0.05) is 6.07 Å². The number of pyridine rings is 1. The first-order valence-corrected chi connectivity index (χ1v) is 12.9. The zero-order valence-electron chi connectivity index (χ0n) is 21.0. The number of hydrogen-bond acceptors (Lipinski definition) is 4. The quantitative estimate of drug-likeness (QED) is 0.415. The molecular formula is C28H33N7O. The highest BCUT2D eigenvalue weighted by Crippen LogP contribution is 2.34. The number of benzene rings is 1. The van der Waals surface area contributed by atoms with Gasteiger partial charge in [-0.15, -0.1) is 0 Å². The van der Waals surface area contributed by atoms with E-state index in [4.69, 9.17) is 4.98 Å². The van der Waals surface area contributed by atoms with Crippen molar-refractivity contribution in [1.82, 2.24) is 24.1 Å². The van der Waals surface area contributed by atoms with E-state index in [-0.39, 0.29) is 11.9 Å². The Morgan fingerprint density at radius 2 is 1.94 bits per heavy atom. The summed E-state index contributed by atoms with van der Waals surface area (Å²) in [6.07, 6.45) is 10.7. The molecule has 6 rings (SSSR count). The van der Waals surface area contributed by atoms with Crippen molar-refractivity contribution in [3.8, 4) is 11.3 Å². The van der Waals surface area contributed by atoms with Crippen molar-refractivity contribution in [1.29, 1.82) is 0 Å². The number of carbonyl (C=O) groups excluding carboxylic acids is 1. The highest BCUT2D eigenvalue weighted by Gasteiger charge is 2.29. The third-order valence-electron chi connectivity index (χ3n) is 7.33. The summed E-state index contributed by atoms with van der Waals surface area (Å²) in [4.78, 5) is 22.2. The molecule has 1 atom stereocenters. The molecule has 1 aliphatic carbocycles. The fourth-order valence-corrected chi connectivity index (χ4v) is 5.13. The second kappa shape index (κ2) is 9.33. The maximum atomic E-state index is 13.1. The molecule has 1 aromatic carbocycles. The van der Waals surface area contributed by atoms with Gasteiger partial charge in [-0.3, -0.25) is 4.68 Å². The summed E-state index contributed by atoms with van der Waals surface area (Å²) in [6, 6.07) is 14.1. The van der Waals surface area contributed by atoms with Crippen molar-refractivity contribution in [3.63, 3.8) is 0 Å². The second-order valence-electron chi connectivity index (χ2n) is 10.3. The van der Waals surface area contributed by atoms with Crippen LogP contribution in [0, 0.1) is 5.92 Å². The topological polar surface area (TPSA) is 70.7 Å². The first kappa shape index (κ1) is 22.6. The van der Waals surface area contributed by atoms with E-state index in [1.165, 1.54) is 12.8 Å². The molecule has 2 aliphatic rings. The number of carbonyl (C=O) groups is 1. The van der Waals surface area contributed by atoms with Gasteiger partial charge in [-0.05, 0) is 68.0 Å². The number of urea groups is 1. The first-order valence-electron chi connectivity index (χ1n) is 12.9. The van der Waals surface area contributed by atoms with E-state index in [2.05, 4.69) is 44.0 Å². The molecule has 36 heavy (non-hydrogen) atoms. The molecule has 0 bridgehead atoms. The molecule has 0 spiro atoms. The van der Waals surface area contributed by atoms with Crippen molar-refractivity contribution in [2.24, 2.45) is 5.92 Å². The lowest BCUT2D eigenvalue weighted by Gasteiger charge is -2.32. The molecular weight excluding hydrogens is 450 g/mol. The van der Waals surface area contributed by atoms with Crippen LogP contribution in [0.4, 0.5) is 16.2 Å². The van der Waals surface area contributed by atoms with Crippen LogP contribution >= 0.6 is 0 Å². The van der Waals surface area contributed by atoms with Crippen LogP contribution in [0.3, 0.4) is 0 Å². The van der Waals surface area contributed by atoms with Crippen molar-refractivity contribution >= 4 is 22.9 Å². The van der Waals surface area contributed by atoms with Gasteiger partial charge in [-0.25, -0.2) is 9.78 Å². The predicted molar refractivity (Wildman–Crippen MR) is 142 cm³/mol. The minimum Gasteiger partial charge on any atom is -0.378 e. The Kier molecular flexibility index (Phi) is 5.87. The number of rotatable bonds is 6. The zero-order valence-corrected chi connectivity index (χ0v) is 21.0. The maximum Gasteiger partial charge on any atom is 0.321 e. The minimum absolute atomic E-state index is 0.0558. The molecule has 3 aromatic heterocycles. The lowest BCUT2D eigenvalue weighted by atomic mass is 9.97. The van der Waals surface area contributed by atoms with Gasteiger partial charge in [-0.2, -0.15) is 5.10 Å². The van der Waals surface area contributed by atoms with E-state index >= 15 is 0 Å². The van der Waals surface area contributed by atoms with Gasteiger partial charge >= 0.3 is 6.03 Å². The Hall–Kier alpha value is -3.81. The molecule has 1 saturated heterocycles. The van der Waals surface area contributed by atoms with E-state index in [9.17, 15) is 4.79 Å². The van der Waals surface area contributed by atoms with E-state index in [0.717, 1.165) is 65.8 Å². The average molecular weight is 484 g/mol. The number of amides is 2. The Bertz CT molecular complexity index is 1370. The maximum absolute atomic E-state index is 13.1. The zero-order chi connectivity index (χ0) is 24.6. The van der Waals surface area contributed by atoms with Gasteiger partial charge in [0.15, 0.2) is 0 Å². The van der Waals surface area contributed by atoms with Gasteiger partial charge in [0.25, 0.3) is 0 Å². The Morgan fingerprint density at radius 1 is 1.11 bits per heavy atom. The lowest BCUT2D eigenvalue weighted by Crippen LogP contribution is -2.42. The number of anilines is 2. The molecule has 1 aliphatic heterocycles. The van der Waals surface area contributed by atoms with Crippen LogP contribution in [-0.4, -0.2) is 57.3 Å². The number of imidazole rings is 1. The molecule has 186 valence electrons. The number of nitrogens with one attached hydrogen (secondary N) is 1. The molecule has 0 radical (unpaired) electrons. The molecule has 1 N–H and O–H groups in total. The minimum atomic E-state index is -0.0558. The average Bonchev–Trinajstić information content (AvgIpc) is 3.45. The molecule has 1 saturated carbocycles. The number of hydrogen-bond donors (Lipinski definition) is 1. The number of fused-ring (bicyclic) bond motifs is 1. The molecule has 8 nitrogen and oxygen atoms in total. The summed E-state index contributed by atoms with van der Waals surface area (Å²) in [5, 5.41) is 7.67. The summed E-state index contributed by atoms with van der Waals surface area (Å²) >= 11 is 0. The van der Waals surface area contributed by atoms with Crippen molar-refractivity contribution in [2.45, 2.75) is 38.1 Å². The normalized spacial score (nSPS) is 17.9. The molecule has 4 heterocycles. The molecule has 0 unspecified atom stereocenters. The van der Waals surface area contributed by atoms with E-state index in [1.807, 2.05) is 60.4 Å². The summed E-state index contributed by atoms with van der Waals surface area (Å²) in [5.41, 5.74) is 5.02. The Morgan fingerprint density at radius 3 is 2.72 bits per heavy atom. The van der Waals surface area contributed by atoms with Gasteiger partial charge in [0.05, 0.1) is 17.4 Å².